The van der Waals surface area contributed by atoms with Gasteiger partial charge in [-0.1, -0.05) is 11.3 Å². The van der Waals surface area contributed by atoms with Crippen LogP contribution < -0.4 is 4.90 Å². The van der Waals surface area contributed by atoms with Crippen molar-refractivity contribution in [3.05, 3.63) is 64.6 Å². The normalized spacial score (nSPS) is 10.8. The fourth-order valence-electron chi connectivity index (χ4n) is 2.26. The van der Waals surface area contributed by atoms with Gasteiger partial charge in [0.15, 0.2) is 0 Å². The Morgan fingerprint density at radius 2 is 2.17 bits per heavy atom. The van der Waals surface area contributed by atoms with Gasteiger partial charge < -0.3 is 4.90 Å². The standard InChI is InChI=1S/C16H14F2N4OS/c17-12-3-4-15(14(18)10-12)22(11-13-2-1-9-24-13)16(23)5-7-21-8-6-19-20-21/h1-4,6,8-10H,5,7,11H2. The average Bonchev–Trinajstić information content (AvgIpc) is 3.24. The summed E-state index contributed by atoms with van der Waals surface area (Å²) in [5.41, 5.74) is 0.0633. The highest BCUT2D eigenvalue weighted by molar-refractivity contribution is 7.09. The monoisotopic (exact) mass is 348 g/mol. The summed E-state index contributed by atoms with van der Waals surface area (Å²) < 4.78 is 28.8. The minimum atomic E-state index is -0.763. The molecule has 3 aromatic rings. The molecule has 2 aromatic heterocycles. The Hall–Kier alpha value is -2.61. The summed E-state index contributed by atoms with van der Waals surface area (Å²) in [5.74, 6) is -1.72. The highest BCUT2D eigenvalue weighted by Crippen LogP contribution is 2.24. The third kappa shape index (κ3) is 3.83. The van der Waals surface area contributed by atoms with Gasteiger partial charge in [0.2, 0.25) is 5.91 Å². The van der Waals surface area contributed by atoms with Crippen LogP contribution in [0.4, 0.5) is 14.5 Å². The van der Waals surface area contributed by atoms with E-state index in [1.165, 1.54) is 33.2 Å². The Labute approximate surface area is 141 Å². The third-order valence-corrected chi connectivity index (χ3v) is 4.28. The maximum atomic E-state index is 14.1. The van der Waals surface area contributed by atoms with E-state index in [4.69, 9.17) is 0 Å². The largest absolute Gasteiger partial charge is 0.304 e. The molecule has 2 heterocycles. The summed E-state index contributed by atoms with van der Waals surface area (Å²) in [6.07, 6.45) is 3.30. The minimum absolute atomic E-state index is 0.0633. The van der Waals surface area contributed by atoms with Crippen molar-refractivity contribution < 1.29 is 13.6 Å². The first-order valence-electron chi connectivity index (χ1n) is 7.25. The van der Waals surface area contributed by atoms with E-state index in [0.29, 0.717) is 6.54 Å². The lowest BCUT2D eigenvalue weighted by molar-refractivity contribution is -0.119. The van der Waals surface area contributed by atoms with E-state index < -0.39 is 11.6 Å². The molecule has 1 amide bonds. The van der Waals surface area contributed by atoms with E-state index in [1.54, 1.807) is 6.20 Å². The van der Waals surface area contributed by atoms with E-state index in [1.807, 2.05) is 17.5 Å². The second-order valence-electron chi connectivity index (χ2n) is 5.07. The van der Waals surface area contributed by atoms with Crippen LogP contribution in [-0.4, -0.2) is 20.9 Å². The predicted octanol–water partition coefficient (Wildman–Crippen LogP) is 3.24. The van der Waals surface area contributed by atoms with E-state index in [-0.39, 0.29) is 24.6 Å². The third-order valence-electron chi connectivity index (χ3n) is 3.42. The Bertz CT molecular complexity index is 806. The molecule has 0 aliphatic heterocycles. The van der Waals surface area contributed by atoms with Crippen molar-refractivity contribution in [1.29, 1.82) is 0 Å². The van der Waals surface area contributed by atoms with Crippen LogP contribution in [0.5, 0.6) is 0 Å². The summed E-state index contributed by atoms with van der Waals surface area (Å²) in [7, 11) is 0. The second kappa shape index (κ2) is 7.31. The molecule has 1 aromatic carbocycles. The molecule has 5 nitrogen and oxygen atoms in total. The Balaban J connectivity index is 1.82. The van der Waals surface area contributed by atoms with E-state index in [0.717, 1.165) is 17.0 Å². The maximum absolute atomic E-state index is 14.1. The van der Waals surface area contributed by atoms with Crippen LogP contribution in [0.1, 0.15) is 11.3 Å². The SMILES string of the molecule is O=C(CCn1ccnn1)N(Cc1cccs1)c1ccc(F)cc1F. The molecule has 0 aliphatic rings. The number of carbonyl (C=O) groups excluding carboxylic acids is 1. The molecule has 0 saturated heterocycles. The number of aryl methyl sites for hydroxylation is 1. The summed E-state index contributed by atoms with van der Waals surface area (Å²) in [5, 5.41) is 9.36. The van der Waals surface area contributed by atoms with E-state index in [2.05, 4.69) is 10.3 Å². The molecule has 3 rings (SSSR count). The number of hydrogen-bond acceptors (Lipinski definition) is 4. The van der Waals surface area contributed by atoms with Crippen LogP contribution >= 0.6 is 11.3 Å². The van der Waals surface area contributed by atoms with Gasteiger partial charge in [0, 0.05) is 23.6 Å². The molecule has 8 heteroatoms. The highest BCUT2D eigenvalue weighted by atomic mass is 32.1. The first-order valence-corrected chi connectivity index (χ1v) is 8.13. The van der Waals surface area contributed by atoms with Gasteiger partial charge in [0.05, 0.1) is 25.0 Å². The number of rotatable bonds is 6. The van der Waals surface area contributed by atoms with Crippen LogP contribution in [0, 0.1) is 11.6 Å². The summed E-state index contributed by atoms with van der Waals surface area (Å²) in [4.78, 5) is 14.9. The van der Waals surface area contributed by atoms with Crippen molar-refractivity contribution in [3.8, 4) is 0 Å². The van der Waals surface area contributed by atoms with Gasteiger partial charge in [-0.25, -0.2) is 8.78 Å². The number of carbonyl (C=O) groups is 1. The van der Waals surface area contributed by atoms with Gasteiger partial charge in [-0.15, -0.1) is 16.4 Å². The molecule has 0 spiro atoms. The van der Waals surface area contributed by atoms with Crippen LogP contribution in [0.25, 0.3) is 0 Å². The number of aromatic nitrogens is 3. The maximum Gasteiger partial charge on any atom is 0.229 e. The molecule has 0 aliphatic carbocycles. The molecule has 0 atom stereocenters. The first-order chi connectivity index (χ1) is 11.6. The topological polar surface area (TPSA) is 51.0 Å². The van der Waals surface area contributed by atoms with Crippen molar-refractivity contribution in [2.75, 3.05) is 4.90 Å². The molecule has 0 bridgehead atoms. The molecular weight excluding hydrogens is 334 g/mol. The van der Waals surface area contributed by atoms with Gasteiger partial charge in [0.25, 0.3) is 0 Å². The number of thiophene rings is 1. The molecule has 0 N–H and O–H groups in total. The number of hydrogen-bond donors (Lipinski definition) is 0. The number of amides is 1. The van der Waals surface area contributed by atoms with Crippen molar-refractivity contribution >= 4 is 22.9 Å². The van der Waals surface area contributed by atoms with Crippen molar-refractivity contribution in [2.45, 2.75) is 19.5 Å². The van der Waals surface area contributed by atoms with Crippen LogP contribution in [0.2, 0.25) is 0 Å². The number of halogens is 2. The number of nitrogens with zero attached hydrogens (tertiary/aromatic N) is 4. The Morgan fingerprint density at radius 3 is 2.83 bits per heavy atom. The lowest BCUT2D eigenvalue weighted by Gasteiger charge is -2.23. The molecular formula is C16H14F2N4OS. The molecule has 0 radical (unpaired) electrons. The van der Waals surface area contributed by atoms with Crippen LogP contribution in [0.15, 0.2) is 48.1 Å². The molecule has 24 heavy (non-hydrogen) atoms. The molecule has 124 valence electrons. The number of anilines is 1. The summed E-state index contributed by atoms with van der Waals surface area (Å²) in [6.45, 7) is 0.568. The predicted molar refractivity (Wildman–Crippen MR) is 86.5 cm³/mol. The fraction of sp³-hybridized carbons (Fsp3) is 0.188. The van der Waals surface area contributed by atoms with E-state index >= 15 is 0 Å². The Kier molecular flexibility index (Phi) is 4.95. The molecule has 0 fully saturated rings. The quantitative estimate of drug-likeness (QED) is 0.687. The fourth-order valence-corrected chi connectivity index (χ4v) is 2.96. The summed E-state index contributed by atoms with van der Waals surface area (Å²) in [6, 6.07) is 6.93. The zero-order valence-electron chi connectivity index (χ0n) is 12.6. The molecule has 0 saturated carbocycles. The van der Waals surface area contributed by atoms with E-state index in [9.17, 15) is 13.6 Å². The van der Waals surface area contributed by atoms with Crippen molar-refractivity contribution in [3.63, 3.8) is 0 Å². The number of benzene rings is 1. The second-order valence-corrected chi connectivity index (χ2v) is 6.10. The highest BCUT2D eigenvalue weighted by Gasteiger charge is 2.20. The van der Waals surface area contributed by atoms with Crippen LogP contribution in [-0.2, 0) is 17.9 Å². The zero-order chi connectivity index (χ0) is 16.9. The van der Waals surface area contributed by atoms with Gasteiger partial charge in [-0.2, -0.15) is 0 Å². The smallest absolute Gasteiger partial charge is 0.229 e. The zero-order valence-corrected chi connectivity index (χ0v) is 13.4. The summed E-state index contributed by atoms with van der Waals surface area (Å²) >= 11 is 1.47. The van der Waals surface area contributed by atoms with Gasteiger partial charge in [0.1, 0.15) is 11.6 Å². The van der Waals surface area contributed by atoms with Crippen molar-refractivity contribution in [2.24, 2.45) is 0 Å². The Morgan fingerprint density at radius 1 is 1.29 bits per heavy atom. The first kappa shape index (κ1) is 16.3. The lowest BCUT2D eigenvalue weighted by Crippen LogP contribution is -2.31. The van der Waals surface area contributed by atoms with Gasteiger partial charge >= 0.3 is 0 Å². The molecule has 0 unspecified atom stereocenters. The van der Waals surface area contributed by atoms with Crippen LogP contribution in [0.3, 0.4) is 0 Å². The lowest BCUT2D eigenvalue weighted by atomic mass is 10.2. The average molecular weight is 348 g/mol. The van der Waals surface area contributed by atoms with Gasteiger partial charge in [-0.05, 0) is 23.6 Å². The van der Waals surface area contributed by atoms with Gasteiger partial charge in [-0.3, -0.25) is 9.48 Å². The minimum Gasteiger partial charge on any atom is -0.304 e. The van der Waals surface area contributed by atoms with Crippen molar-refractivity contribution in [1.82, 2.24) is 15.0 Å².